The molecule has 0 aliphatic heterocycles. The highest BCUT2D eigenvalue weighted by Gasteiger charge is 2.24. The van der Waals surface area contributed by atoms with Gasteiger partial charge in [-0.25, -0.2) is 15.0 Å². The lowest BCUT2D eigenvalue weighted by molar-refractivity contribution is 0.669. The molecule has 0 bridgehead atoms. The van der Waals surface area contributed by atoms with E-state index in [9.17, 15) is 0 Å². The summed E-state index contributed by atoms with van der Waals surface area (Å²) in [5.74, 6) is 1.79. The summed E-state index contributed by atoms with van der Waals surface area (Å²) in [4.78, 5) is 15.6. The van der Waals surface area contributed by atoms with Crippen molar-refractivity contribution in [3.8, 4) is 62.1 Å². The van der Waals surface area contributed by atoms with Crippen molar-refractivity contribution in [2.24, 2.45) is 0 Å². The molecular formula is C55H34N4O. The van der Waals surface area contributed by atoms with Crippen molar-refractivity contribution in [1.82, 2.24) is 19.5 Å². The third-order valence-electron chi connectivity index (χ3n) is 11.6. The van der Waals surface area contributed by atoms with E-state index in [1.807, 2.05) is 42.5 Å². The van der Waals surface area contributed by atoms with Crippen LogP contribution in [0.4, 0.5) is 0 Å². The Labute approximate surface area is 345 Å². The third-order valence-corrected chi connectivity index (χ3v) is 11.6. The molecule has 3 heterocycles. The van der Waals surface area contributed by atoms with Crippen LogP contribution in [-0.2, 0) is 0 Å². The van der Waals surface area contributed by atoms with E-state index in [2.05, 4.69) is 168 Å². The van der Waals surface area contributed by atoms with Crippen molar-refractivity contribution in [3.05, 3.63) is 206 Å². The van der Waals surface area contributed by atoms with Gasteiger partial charge in [-0.2, -0.15) is 0 Å². The number of nitrogens with zero attached hydrogens (tertiary/aromatic N) is 4. The largest absolute Gasteiger partial charge is 0.456 e. The molecular weight excluding hydrogens is 733 g/mol. The van der Waals surface area contributed by atoms with Gasteiger partial charge in [-0.1, -0.05) is 164 Å². The van der Waals surface area contributed by atoms with Gasteiger partial charge in [-0.15, -0.1) is 0 Å². The standard InChI is InChI=1S/C55H34N4O/c1-4-15-35(16-5-1)40-29-30-47-45(32-40)43-23-12-13-25-46(43)59(47)48-33-42(36-17-6-2-7-18-36)34-50-52(48)51-44(24-14-26-49(51)60-50)55-57-53(38-20-8-3-9-21-38)56-54(58-55)41-28-27-37-19-10-11-22-39(37)31-41/h1-34H. The predicted octanol–water partition coefficient (Wildman–Crippen LogP) is 14.4. The molecule has 0 N–H and O–H groups in total. The smallest absolute Gasteiger partial charge is 0.164 e. The second-order valence-electron chi connectivity index (χ2n) is 15.2. The van der Waals surface area contributed by atoms with E-state index in [0.717, 1.165) is 77.2 Å². The molecule has 9 aromatic carbocycles. The van der Waals surface area contributed by atoms with Crippen LogP contribution in [0, 0.1) is 0 Å². The van der Waals surface area contributed by atoms with Crippen LogP contribution in [0.25, 0.3) is 117 Å². The van der Waals surface area contributed by atoms with Gasteiger partial charge in [0.1, 0.15) is 11.2 Å². The first-order chi connectivity index (χ1) is 29.7. The number of hydrogen-bond donors (Lipinski definition) is 0. The van der Waals surface area contributed by atoms with Gasteiger partial charge in [-0.05, 0) is 75.5 Å². The molecule has 0 atom stereocenters. The Hall–Kier alpha value is -8.15. The fraction of sp³-hybridized carbons (Fsp3) is 0. The average Bonchev–Trinajstić information content (AvgIpc) is 3.87. The molecule has 60 heavy (non-hydrogen) atoms. The summed E-state index contributed by atoms with van der Waals surface area (Å²) in [5.41, 5.74) is 12.0. The maximum Gasteiger partial charge on any atom is 0.164 e. The van der Waals surface area contributed by atoms with E-state index < -0.39 is 0 Å². The lowest BCUT2D eigenvalue weighted by Gasteiger charge is -2.14. The summed E-state index contributed by atoms with van der Waals surface area (Å²) in [6.45, 7) is 0. The third kappa shape index (κ3) is 5.59. The van der Waals surface area contributed by atoms with Crippen molar-refractivity contribution in [1.29, 1.82) is 0 Å². The van der Waals surface area contributed by atoms with Crippen molar-refractivity contribution in [2.75, 3.05) is 0 Å². The van der Waals surface area contributed by atoms with Crippen LogP contribution >= 0.6 is 0 Å². The number of aromatic nitrogens is 4. The molecule has 0 saturated carbocycles. The number of hydrogen-bond acceptors (Lipinski definition) is 4. The van der Waals surface area contributed by atoms with Gasteiger partial charge in [0.2, 0.25) is 0 Å². The van der Waals surface area contributed by atoms with Crippen LogP contribution in [0.1, 0.15) is 0 Å². The van der Waals surface area contributed by atoms with Crippen LogP contribution in [-0.4, -0.2) is 19.5 Å². The monoisotopic (exact) mass is 766 g/mol. The van der Waals surface area contributed by atoms with Gasteiger partial charge < -0.3 is 8.98 Å². The summed E-state index contributed by atoms with van der Waals surface area (Å²) < 4.78 is 9.32. The van der Waals surface area contributed by atoms with Gasteiger partial charge >= 0.3 is 0 Å². The Bertz CT molecular complexity index is 3590. The Morgan fingerprint density at radius 2 is 0.950 bits per heavy atom. The fourth-order valence-electron chi connectivity index (χ4n) is 8.80. The van der Waals surface area contributed by atoms with Gasteiger partial charge in [-0.3, -0.25) is 0 Å². The Morgan fingerprint density at radius 1 is 0.333 bits per heavy atom. The zero-order valence-corrected chi connectivity index (χ0v) is 32.3. The Balaban J connectivity index is 1.16. The topological polar surface area (TPSA) is 56.7 Å². The first-order valence-electron chi connectivity index (χ1n) is 20.2. The minimum atomic E-state index is 0.577. The molecule has 0 radical (unpaired) electrons. The van der Waals surface area contributed by atoms with E-state index in [1.54, 1.807) is 0 Å². The minimum Gasteiger partial charge on any atom is -0.456 e. The van der Waals surface area contributed by atoms with Gasteiger partial charge in [0, 0.05) is 32.8 Å². The van der Waals surface area contributed by atoms with Crippen LogP contribution in [0.2, 0.25) is 0 Å². The first-order valence-corrected chi connectivity index (χ1v) is 20.2. The lowest BCUT2D eigenvalue weighted by atomic mass is 9.99. The van der Waals surface area contributed by atoms with E-state index in [0.29, 0.717) is 17.5 Å². The van der Waals surface area contributed by atoms with E-state index in [1.165, 1.54) is 21.9 Å². The highest BCUT2D eigenvalue weighted by molar-refractivity contribution is 6.18. The number of fused-ring (bicyclic) bond motifs is 7. The molecule has 0 fully saturated rings. The Morgan fingerprint density at radius 3 is 1.73 bits per heavy atom. The number of benzene rings is 9. The number of rotatable bonds is 6. The summed E-state index contributed by atoms with van der Waals surface area (Å²) in [5, 5.41) is 6.59. The minimum absolute atomic E-state index is 0.577. The molecule has 280 valence electrons. The second-order valence-corrected chi connectivity index (χ2v) is 15.2. The molecule has 0 unspecified atom stereocenters. The van der Waals surface area contributed by atoms with Crippen LogP contribution < -0.4 is 0 Å². The Kier molecular flexibility index (Phi) is 7.78. The lowest BCUT2D eigenvalue weighted by Crippen LogP contribution is -2.01. The SMILES string of the molecule is c1ccc(-c2cc(-n3c4ccccc4c4cc(-c5ccccc5)ccc43)c3c(c2)oc2cccc(-c4nc(-c5ccccc5)nc(-c5ccc6ccccc6c5)n4)c23)cc1. The molecule has 0 amide bonds. The normalized spacial score (nSPS) is 11.7. The highest BCUT2D eigenvalue weighted by atomic mass is 16.3. The summed E-state index contributed by atoms with van der Waals surface area (Å²) in [6.07, 6.45) is 0. The van der Waals surface area contributed by atoms with E-state index in [-0.39, 0.29) is 0 Å². The molecule has 12 rings (SSSR count). The van der Waals surface area contributed by atoms with Crippen molar-refractivity contribution < 1.29 is 4.42 Å². The van der Waals surface area contributed by atoms with Crippen molar-refractivity contribution in [2.45, 2.75) is 0 Å². The quantitative estimate of drug-likeness (QED) is 0.169. The van der Waals surface area contributed by atoms with Gasteiger partial charge in [0.25, 0.3) is 0 Å². The molecule has 0 aliphatic carbocycles. The summed E-state index contributed by atoms with van der Waals surface area (Å²) in [7, 11) is 0. The molecule has 0 aliphatic rings. The number of furan rings is 1. The molecule has 12 aromatic rings. The zero-order valence-electron chi connectivity index (χ0n) is 32.3. The molecule has 0 saturated heterocycles. The summed E-state index contributed by atoms with van der Waals surface area (Å²) in [6, 6.07) is 72.2. The molecule has 5 heteroatoms. The van der Waals surface area contributed by atoms with Crippen LogP contribution in [0.3, 0.4) is 0 Å². The zero-order chi connectivity index (χ0) is 39.6. The second kappa shape index (κ2) is 13.8. The van der Waals surface area contributed by atoms with E-state index in [4.69, 9.17) is 19.4 Å². The van der Waals surface area contributed by atoms with Gasteiger partial charge in [0.05, 0.1) is 22.1 Å². The molecule has 3 aromatic heterocycles. The van der Waals surface area contributed by atoms with Gasteiger partial charge in [0.15, 0.2) is 17.5 Å². The maximum atomic E-state index is 6.91. The highest BCUT2D eigenvalue weighted by Crippen LogP contribution is 2.44. The number of para-hydroxylation sites is 1. The predicted molar refractivity (Wildman–Crippen MR) is 246 cm³/mol. The fourth-order valence-corrected chi connectivity index (χ4v) is 8.80. The van der Waals surface area contributed by atoms with Crippen molar-refractivity contribution in [3.63, 3.8) is 0 Å². The molecule has 5 nitrogen and oxygen atoms in total. The van der Waals surface area contributed by atoms with Crippen molar-refractivity contribution >= 4 is 54.5 Å². The van der Waals surface area contributed by atoms with Crippen LogP contribution in [0.15, 0.2) is 211 Å². The maximum absolute atomic E-state index is 6.91. The van der Waals surface area contributed by atoms with Crippen LogP contribution in [0.5, 0.6) is 0 Å². The first kappa shape index (κ1) is 33.9. The summed E-state index contributed by atoms with van der Waals surface area (Å²) >= 11 is 0. The molecule has 0 spiro atoms. The van der Waals surface area contributed by atoms with E-state index >= 15 is 0 Å². The average molecular weight is 767 g/mol.